The fourth-order valence-corrected chi connectivity index (χ4v) is 2.38. The van der Waals surface area contributed by atoms with Gasteiger partial charge in [-0.25, -0.2) is 8.78 Å². The maximum Gasteiger partial charge on any atom is 0.573 e. The van der Waals surface area contributed by atoms with Gasteiger partial charge in [-0.3, -0.25) is 5.41 Å². The van der Waals surface area contributed by atoms with Crippen LogP contribution in [-0.4, -0.2) is 42.2 Å². The Morgan fingerprint density at radius 3 is 2.44 bits per heavy atom. The molecular weight excluding hydrogens is 397 g/mol. The highest BCUT2D eigenvalue weighted by molar-refractivity contribution is 6.00. The lowest BCUT2D eigenvalue weighted by atomic mass is 9.96. The van der Waals surface area contributed by atoms with Crippen molar-refractivity contribution < 1.29 is 26.7 Å². The summed E-state index contributed by atoms with van der Waals surface area (Å²) in [6.07, 6.45) is -5.14. The van der Waals surface area contributed by atoms with Crippen LogP contribution in [0, 0.1) is 11.3 Å². The van der Waals surface area contributed by atoms with Gasteiger partial charge in [-0.2, -0.15) is 4.99 Å². The maximum atomic E-state index is 13.5. The van der Waals surface area contributed by atoms with Crippen LogP contribution in [0.4, 0.5) is 27.6 Å². The van der Waals surface area contributed by atoms with Crippen LogP contribution in [0.5, 0.6) is 5.75 Å². The molecule has 12 heteroatoms. The molecule has 0 bridgehead atoms. The average molecular weight is 416 g/mol. The predicted octanol–water partition coefficient (Wildman–Crippen LogP) is 3.65. The van der Waals surface area contributed by atoms with Gasteiger partial charge >= 0.3 is 6.36 Å². The van der Waals surface area contributed by atoms with E-state index in [0.29, 0.717) is 5.69 Å². The van der Waals surface area contributed by atoms with Gasteiger partial charge in [0, 0.05) is 31.1 Å². The van der Waals surface area contributed by atoms with Gasteiger partial charge in [0.2, 0.25) is 5.96 Å². The van der Waals surface area contributed by atoms with Gasteiger partial charge in [-0.05, 0) is 24.3 Å². The number of aliphatic imine (C=N–C) groups is 1. The van der Waals surface area contributed by atoms with Gasteiger partial charge in [0.25, 0.3) is 5.92 Å². The highest BCUT2D eigenvalue weighted by atomic mass is 35.5. The number of piperidine rings is 1. The second kappa shape index (κ2) is 8.59. The van der Waals surface area contributed by atoms with Crippen molar-refractivity contribution in [3.63, 3.8) is 0 Å². The van der Waals surface area contributed by atoms with Gasteiger partial charge in [0.1, 0.15) is 5.75 Å². The van der Waals surface area contributed by atoms with Crippen molar-refractivity contribution in [3.05, 3.63) is 24.3 Å². The van der Waals surface area contributed by atoms with E-state index in [1.54, 1.807) is 0 Å². The van der Waals surface area contributed by atoms with E-state index in [9.17, 15) is 22.0 Å². The Morgan fingerprint density at radius 1 is 1.33 bits per heavy atom. The van der Waals surface area contributed by atoms with E-state index >= 15 is 0 Å². The topological polar surface area (TPSA) is 86.7 Å². The maximum absolute atomic E-state index is 13.5. The first-order valence-electron chi connectivity index (χ1n) is 7.64. The number of nitrogens with two attached hydrogens (primary N) is 1. The van der Waals surface area contributed by atoms with E-state index in [1.165, 1.54) is 24.0 Å². The predicted molar refractivity (Wildman–Crippen MR) is 93.6 cm³/mol. The zero-order valence-corrected chi connectivity index (χ0v) is 15.0. The molecule has 4 N–H and O–H groups in total. The molecule has 0 amide bonds. The number of anilines is 1. The third kappa shape index (κ3) is 6.74. The smallest absolute Gasteiger partial charge is 0.406 e. The molecule has 1 aromatic carbocycles. The van der Waals surface area contributed by atoms with Crippen LogP contribution in [0.25, 0.3) is 0 Å². The molecule has 0 aliphatic carbocycles. The molecule has 1 aliphatic heterocycles. The number of guanidine groups is 2. The number of ether oxygens (including phenoxy) is 1. The molecule has 0 radical (unpaired) electrons. The van der Waals surface area contributed by atoms with Crippen LogP contribution in [0.1, 0.15) is 13.3 Å². The molecule has 2 rings (SSSR count). The van der Waals surface area contributed by atoms with E-state index in [1.807, 2.05) is 0 Å². The summed E-state index contributed by atoms with van der Waals surface area (Å²) in [4.78, 5) is 5.25. The van der Waals surface area contributed by atoms with Gasteiger partial charge in [-0.1, -0.05) is 6.92 Å². The number of hydrogen-bond acceptors (Lipinski definition) is 2. The molecule has 1 heterocycles. The highest BCUT2D eigenvalue weighted by Gasteiger charge is 2.41. The summed E-state index contributed by atoms with van der Waals surface area (Å²) in [5.74, 6) is -4.52. The van der Waals surface area contributed by atoms with Gasteiger partial charge in [-0.15, -0.1) is 25.6 Å². The Balaban J connectivity index is 0.00000364. The third-order valence-electron chi connectivity index (χ3n) is 3.83. The Kier molecular flexibility index (Phi) is 7.24. The molecule has 1 atom stereocenters. The minimum atomic E-state index is -4.79. The Labute approximate surface area is 158 Å². The second-order valence-corrected chi connectivity index (χ2v) is 5.87. The molecule has 27 heavy (non-hydrogen) atoms. The number of nitrogens with one attached hydrogen (secondary N) is 2. The minimum Gasteiger partial charge on any atom is -0.406 e. The molecule has 1 fully saturated rings. The lowest BCUT2D eigenvalue weighted by molar-refractivity contribution is -0.274. The van der Waals surface area contributed by atoms with E-state index in [2.05, 4.69) is 15.0 Å². The van der Waals surface area contributed by atoms with Crippen molar-refractivity contribution in [2.24, 2.45) is 16.6 Å². The molecule has 0 spiro atoms. The summed E-state index contributed by atoms with van der Waals surface area (Å²) < 4.78 is 67.0. The number of rotatable bonds is 2. The minimum absolute atomic E-state index is 0. The van der Waals surface area contributed by atoms with Gasteiger partial charge in [0.15, 0.2) is 5.96 Å². The fraction of sp³-hybridized carbons (Fsp3) is 0.467. The number of hydrogen-bond donors (Lipinski definition) is 3. The Bertz CT molecular complexity index is 680. The van der Waals surface area contributed by atoms with Crippen LogP contribution < -0.4 is 15.8 Å². The Morgan fingerprint density at radius 2 is 1.93 bits per heavy atom. The van der Waals surface area contributed by atoms with E-state index < -0.39 is 24.0 Å². The van der Waals surface area contributed by atoms with Gasteiger partial charge in [0.05, 0.1) is 0 Å². The quantitative estimate of drug-likeness (QED) is 0.391. The Hall–Kier alpha value is -2.30. The molecule has 1 saturated heterocycles. The number of likely N-dealkylation sites (tertiary alicyclic amines) is 1. The normalized spacial score (nSPS) is 19.9. The first kappa shape index (κ1) is 22.7. The standard InChI is InChI=1S/C15H18F5N5O.ClH/c1-9-8-25(7-6-14(9,16)17)13(22)24-12(21)23-10-2-4-11(5-3-10)26-15(18,19)20;/h2-5,9H,6-8H2,1H3,(H4,21,22,23,24);1H. The summed E-state index contributed by atoms with van der Waals surface area (Å²) in [6.45, 7) is 1.44. The average Bonchev–Trinajstić information content (AvgIpc) is 2.50. The van der Waals surface area contributed by atoms with Crippen LogP contribution in [-0.2, 0) is 0 Å². The monoisotopic (exact) mass is 415 g/mol. The number of nitrogens with zero attached hydrogens (tertiary/aromatic N) is 2. The zero-order valence-electron chi connectivity index (χ0n) is 14.2. The third-order valence-corrected chi connectivity index (χ3v) is 3.83. The number of alkyl halides is 5. The lowest BCUT2D eigenvalue weighted by Gasteiger charge is -2.37. The number of halogens is 6. The van der Waals surface area contributed by atoms with Crippen LogP contribution >= 0.6 is 12.4 Å². The van der Waals surface area contributed by atoms with Crippen molar-refractivity contribution in [1.29, 1.82) is 5.41 Å². The summed E-state index contributed by atoms with van der Waals surface area (Å²) >= 11 is 0. The van der Waals surface area contributed by atoms with Crippen LogP contribution in [0.15, 0.2) is 29.3 Å². The van der Waals surface area contributed by atoms with Gasteiger partial charge < -0.3 is 20.7 Å². The first-order valence-corrected chi connectivity index (χ1v) is 7.64. The van der Waals surface area contributed by atoms with E-state index in [-0.39, 0.29) is 43.8 Å². The van der Waals surface area contributed by atoms with Crippen molar-refractivity contribution >= 4 is 30.0 Å². The van der Waals surface area contributed by atoms with Crippen molar-refractivity contribution in [2.45, 2.75) is 25.6 Å². The van der Waals surface area contributed by atoms with Crippen molar-refractivity contribution in [2.75, 3.05) is 18.4 Å². The van der Waals surface area contributed by atoms with Crippen molar-refractivity contribution in [3.8, 4) is 5.75 Å². The highest BCUT2D eigenvalue weighted by Crippen LogP contribution is 2.32. The first-order chi connectivity index (χ1) is 12.0. The SMILES string of the molecule is CC1CN(C(N)=NC(=N)Nc2ccc(OC(F)(F)F)cc2)CCC1(F)F.Cl. The summed E-state index contributed by atoms with van der Waals surface area (Å²) in [6, 6.07) is 4.69. The molecule has 1 unspecified atom stereocenters. The summed E-state index contributed by atoms with van der Waals surface area (Å²) in [5.41, 5.74) is 6.04. The molecule has 1 aromatic rings. The van der Waals surface area contributed by atoms with E-state index in [4.69, 9.17) is 11.1 Å². The zero-order chi connectivity index (χ0) is 19.5. The van der Waals surface area contributed by atoms with Crippen LogP contribution in [0.3, 0.4) is 0 Å². The molecule has 1 aliphatic rings. The molecular formula is C15H19ClF5N5O. The molecule has 6 nitrogen and oxygen atoms in total. The molecule has 0 aromatic heterocycles. The number of benzene rings is 1. The van der Waals surface area contributed by atoms with E-state index in [0.717, 1.165) is 12.1 Å². The second-order valence-electron chi connectivity index (χ2n) is 5.87. The molecule has 152 valence electrons. The van der Waals surface area contributed by atoms with Crippen LogP contribution in [0.2, 0.25) is 0 Å². The molecule has 0 saturated carbocycles. The van der Waals surface area contributed by atoms with Crippen molar-refractivity contribution in [1.82, 2.24) is 4.90 Å². The lowest BCUT2D eigenvalue weighted by Crippen LogP contribution is -2.50. The summed E-state index contributed by atoms with van der Waals surface area (Å²) in [5, 5.41) is 10.3. The largest absolute Gasteiger partial charge is 0.573 e. The fourth-order valence-electron chi connectivity index (χ4n) is 2.38. The summed E-state index contributed by atoms with van der Waals surface area (Å²) in [7, 11) is 0.